The summed E-state index contributed by atoms with van der Waals surface area (Å²) in [6, 6.07) is 2.65. The van der Waals surface area contributed by atoms with E-state index in [4.69, 9.17) is 80.3 Å². The number of phosphoric ester groups is 1. The molecule has 9 unspecified atom stereocenters. The Kier molecular flexibility index (Phi) is 23.0. The molecule has 0 spiro atoms. The number of aliphatic hydroxyl groups excluding tert-OH is 2. The van der Waals surface area contributed by atoms with E-state index in [0.717, 1.165) is 11.1 Å². The maximum absolute atomic E-state index is 14.4. The third-order valence-corrected chi connectivity index (χ3v) is 21.6. The number of hydrogen-bond donors (Lipinski definition) is 9. The number of fused-ring (bicyclic) bond motifs is 7. The monoisotopic (exact) mass is 1350 g/mol. The number of carbonyl (C=O) groups is 7. The Morgan fingerprint density at radius 1 is 0.806 bits per heavy atom. The van der Waals surface area contributed by atoms with Gasteiger partial charge in [0.1, 0.15) is 18.3 Å². The number of nitrogens with zero attached hydrogens (tertiary/aromatic N) is 7. The zero-order valence-corrected chi connectivity index (χ0v) is 56.4. The van der Waals surface area contributed by atoms with Gasteiger partial charge in [0.25, 0.3) is 7.82 Å². The zero-order chi connectivity index (χ0) is 68.7. The number of ether oxygens (including phenoxy) is 1. The van der Waals surface area contributed by atoms with Gasteiger partial charge in [-0.1, -0.05) is 47.1 Å². The van der Waals surface area contributed by atoms with Crippen molar-refractivity contribution in [1.82, 2.24) is 14.9 Å². The second-order valence-electron chi connectivity index (χ2n) is 27.0. The molecule has 2 aromatic rings. The molecule has 2 saturated heterocycles. The summed E-state index contributed by atoms with van der Waals surface area (Å²) in [4.78, 5) is 128. The Labute approximate surface area is 551 Å². The van der Waals surface area contributed by atoms with Gasteiger partial charge in [-0.2, -0.15) is 5.70 Å². The molecule has 7 heterocycles. The minimum absolute atomic E-state index is 0. The smallest absolute Gasteiger partial charge is 0.756 e. The van der Waals surface area contributed by atoms with Crippen molar-refractivity contribution in [2.24, 2.45) is 94.7 Å². The number of nitrogens with one attached hydrogen (secondary N) is 1. The third kappa shape index (κ3) is 14.6. The van der Waals surface area contributed by atoms with E-state index in [1.54, 1.807) is 6.92 Å². The van der Waals surface area contributed by atoms with Crippen LogP contribution in [0.15, 0.2) is 67.8 Å². The van der Waals surface area contributed by atoms with Crippen LogP contribution in [0.25, 0.3) is 16.4 Å². The minimum atomic E-state index is -5.32. The fourth-order valence-electron chi connectivity index (χ4n) is 15.3. The molecule has 508 valence electrons. The molecule has 15 atom stereocenters. The number of phosphoric acid groups is 1. The molecule has 1 aromatic carbocycles. The fourth-order valence-corrected chi connectivity index (χ4v) is 16.4. The molecule has 2 fully saturated rings. The SMILES string of the molecule is CC1=C2N=C(C=C3N=C(C(C)=C4[N-]C(C)(C5N=C1C(C)(CCC(=O)NCC(C)OP(=O)([O-])O[C@@H]1C(O)[C@@H](n6cnc7cc(C)c(C)cc76)O[C@@H]1CO)[C@@H]5CC(N)=O)[C@](C)(CC(N)=O)C4CCC(N)=O)C(C)(CC(N)=O)[C@H]3CCC(N)=O)C(C)(C)C2CCC(N)=O.[C-]#N.[Co+3]. The van der Waals surface area contributed by atoms with Gasteiger partial charge in [-0.25, -0.2) is 4.98 Å². The Hall–Kier alpha value is -7.00. The number of primary amides is 6. The first-order chi connectivity index (χ1) is 42.8. The molecule has 8 rings (SSSR count). The van der Waals surface area contributed by atoms with Crippen molar-refractivity contribution in [3.05, 3.63) is 75.8 Å². The molecular formula is C63H88CoN14O14P. The number of aromatic nitrogens is 2. The number of imidazole rings is 1. The average Bonchev–Trinajstić information content (AvgIpc) is 1.53. The summed E-state index contributed by atoms with van der Waals surface area (Å²) < 4.78 is 31.9. The largest absolute Gasteiger partial charge is 3.00 e. The van der Waals surface area contributed by atoms with Crippen molar-refractivity contribution in [2.45, 2.75) is 189 Å². The second kappa shape index (κ2) is 28.5. The molecule has 0 saturated carbocycles. The minimum Gasteiger partial charge on any atom is -0.756 e. The summed E-state index contributed by atoms with van der Waals surface area (Å²) in [5.41, 5.74) is 36.7. The summed E-state index contributed by atoms with van der Waals surface area (Å²) in [6.45, 7) is 23.7. The van der Waals surface area contributed by atoms with E-state index in [1.165, 1.54) is 17.8 Å². The molecule has 15 N–H and O–H groups in total. The van der Waals surface area contributed by atoms with Crippen LogP contribution in [0.1, 0.15) is 150 Å². The summed E-state index contributed by atoms with van der Waals surface area (Å²) in [5, 5.41) is 36.4. The normalized spacial score (nSPS) is 31.0. The first-order valence-electron chi connectivity index (χ1n) is 30.7. The molecule has 30 heteroatoms. The van der Waals surface area contributed by atoms with Gasteiger partial charge >= 0.3 is 16.8 Å². The van der Waals surface area contributed by atoms with Crippen LogP contribution >= 0.6 is 7.82 Å². The van der Waals surface area contributed by atoms with Crippen LogP contribution in [0.3, 0.4) is 0 Å². The van der Waals surface area contributed by atoms with E-state index >= 15 is 0 Å². The van der Waals surface area contributed by atoms with Crippen molar-refractivity contribution >= 4 is 77.3 Å². The van der Waals surface area contributed by atoms with Crippen molar-refractivity contribution in [2.75, 3.05) is 13.2 Å². The van der Waals surface area contributed by atoms with E-state index in [9.17, 15) is 53.2 Å². The molecule has 1 aromatic heterocycles. The van der Waals surface area contributed by atoms with E-state index in [-0.39, 0.29) is 94.0 Å². The average molecular weight is 1360 g/mol. The van der Waals surface area contributed by atoms with Gasteiger partial charge in [0, 0.05) is 114 Å². The Balaban J connectivity index is 0.00000453. The summed E-state index contributed by atoms with van der Waals surface area (Å²) in [6.07, 6.45) is -4.79. The number of carbonyl (C=O) groups excluding carboxylic acids is 7. The number of benzene rings is 1. The number of nitrogens with two attached hydrogens (primary N) is 6. The maximum Gasteiger partial charge on any atom is 3.00 e. The second-order valence-corrected chi connectivity index (χ2v) is 28.3. The predicted molar refractivity (Wildman–Crippen MR) is 337 cm³/mol. The molecule has 6 aliphatic heterocycles. The Morgan fingerprint density at radius 3 is 1.96 bits per heavy atom. The zero-order valence-electron chi connectivity index (χ0n) is 54.4. The van der Waals surface area contributed by atoms with Crippen LogP contribution in [0.5, 0.6) is 0 Å². The molecular weight excluding hydrogens is 1270 g/mol. The van der Waals surface area contributed by atoms with Crippen molar-refractivity contribution < 1.29 is 83.8 Å². The number of aliphatic hydroxyl groups is 2. The standard InChI is InChI=1S/C62H90N13O14P.CN.Co/c1-29-20-39-40(21-30(29)2)75(28-70-39)57-52(84)53(41(27-76)87-57)89-90(85,86)88-31(3)26-69-49(83)18-19-59(8)37(22-46(66)80)56-62(11)61(10,25-48(68)82)36(14-17-45(65)79)51(74-62)33(5)55-60(9,24-47(67)81)34(12-15-43(63)77)38(71-55)23-42-58(6,7)35(13-16-44(64)78)50(72-42)32(4)54(59)73-56;1-2;/h20-21,23,28,31,34-37,41,52-53,56-57,76,84H,12-19,22,24-27H2,1-11H3,(H15,63,64,65,66,67,68,69,71,72,73,74,77,78,79,80,81,82,83,85,86);;/q;-1;+3/p-2/t31?,34-,35?,36?,37+,41+,52?,53-,56?,57-,59?,60?,61+,62?;;/m0../s1. The number of amides is 7. The number of aryl methyl sites for hydroxylation is 2. The number of aliphatic imine (C=N–C) groups is 3. The molecule has 93 heavy (non-hydrogen) atoms. The Morgan fingerprint density at radius 2 is 1.39 bits per heavy atom. The number of rotatable bonds is 26. The quantitative estimate of drug-likeness (QED) is 0.0481. The summed E-state index contributed by atoms with van der Waals surface area (Å²) >= 11 is 0. The first kappa shape index (κ1) is 75.0. The van der Waals surface area contributed by atoms with Crippen LogP contribution < -0.4 is 44.6 Å². The first-order valence-corrected chi connectivity index (χ1v) is 32.2. The molecule has 6 aliphatic rings. The fraction of sp³-hybridized carbons (Fsp3) is 0.619. The molecule has 28 nitrogen and oxygen atoms in total. The van der Waals surface area contributed by atoms with Gasteiger partial charge < -0.3 is 90.3 Å². The maximum atomic E-state index is 14.4. The van der Waals surface area contributed by atoms with Gasteiger partial charge in [0.15, 0.2) is 6.23 Å². The van der Waals surface area contributed by atoms with Crippen LogP contribution in [-0.4, -0.2) is 127 Å². The van der Waals surface area contributed by atoms with E-state index in [0.29, 0.717) is 56.4 Å². The van der Waals surface area contributed by atoms with Crippen LogP contribution in [0, 0.1) is 71.0 Å². The number of hydrogen-bond acceptors (Lipinski definition) is 19. The molecule has 8 bridgehead atoms. The van der Waals surface area contributed by atoms with Crippen LogP contribution in [-0.2, 0) is 68.7 Å². The van der Waals surface area contributed by atoms with Gasteiger partial charge in [0.05, 0.1) is 30.1 Å². The summed E-state index contributed by atoms with van der Waals surface area (Å²) in [7, 11) is -5.32. The molecule has 7 amide bonds. The van der Waals surface area contributed by atoms with E-state index in [1.807, 2.05) is 80.5 Å². The van der Waals surface area contributed by atoms with Gasteiger partial charge in [-0.05, 0) is 118 Å². The topological polar surface area (TPSA) is 489 Å². The Bertz CT molecular complexity index is 3600. The third-order valence-electron chi connectivity index (χ3n) is 20.5. The number of allylic oxidation sites excluding steroid dienone is 6. The van der Waals surface area contributed by atoms with Crippen molar-refractivity contribution in [3.8, 4) is 0 Å². The van der Waals surface area contributed by atoms with Crippen molar-refractivity contribution in [1.29, 1.82) is 5.26 Å². The van der Waals surface area contributed by atoms with Gasteiger partial charge in [-0.3, -0.25) is 53.1 Å². The van der Waals surface area contributed by atoms with Crippen LogP contribution in [0.4, 0.5) is 0 Å². The van der Waals surface area contributed by atoms with Gasteiger partial charge in [-0.15, -0.1) is 0 Å². The molecule has 0 aliphatic carbocycles. The van der Waals surface area contributed by atoms with E-state index in [2.05, 4.69) is 10.3 Å². The predicted octanol–water partition coefficient (Wildman–Crippen LogP) is 3.41. The van der Waals surface area contributed by atoms with Crippen molar-refractivity contribution in [3.63, 3.8) is 0 Å². The van der Waals surface area contributed by atoms with Crippen LogP contribution in [0.2, 0.25) is 0 Å². The van der Waals surface area contributed by atoms with Gasteiger partial charge in [0.2, 0.25) is 41.4 Å². The summed E-state index contributed by atoms with van der Waals surface area (Å²) in [5.74, 6) is -7.40. The van der Waals surface area contributed by atoms with E-state index < -0.39 is 143 Å². The molecule has 0 radical (unpaired) electrons.